The van der Waals surface area contributed by atoms with Gasteiger partial charge in [0, 0.05) is 28.2 Å². The molecule has 0 radical (unpaired) electrons. The first-order valence-corrected chi connectivity index (χ1v) is 20.5. The Morgan fingerprint density at radius 3 is 1.25 bits per heavy atom. The summed E-state index contributed by atoms with van der Waals surface area (Å²) >= 11 is 0. The summed E-state index contributed by atoms with van der Waals surface area (Å²) in [5.74, 6) is 1.74. The predicted molar refractivity (Wildman–Crippen MR) is 251 cm³/mol. The molecule has 9 aromatic rings. The van der Waals surface area contributed by atoms with Crippen molar-refractivity contribution in [3.05, 3.63) is 209 Å². The molecule has 8 aromatic carbocycles. The lowest BCUT2D eigenvalue weighted by molar-refractivity contribution is 1.02. The van der Waals surface area contributed by atoms with Gasteiger partial charge in [0.1, 0.15) is 0 Å². The second kappa shape index (κ2) is 16.1. The Bertz CT molecular complexity index is 2870. The van der Waals surface area contributed by atoms with E-state index in [4.69, 9.17) is 15.0 Å². The molecule has 0 saturated heterocycles. The summed E-state index contributed by atoms with van der Waals surface area (Å²) in [4.78, 5) is 20.2. The van der Waals surface area contributed by atoms with Gasteiger partial charge in [0.2, 0.25) is 5.95 Å². The molecule has 1 heterocycles. The molecule has 0 aliphatic rings. The van der Waals surface area contributed by atoms with Crippen molar-refractivity contribution in [1.29, 1.82) is 0 Å². The molecule has 0 N–H and O–H groups in total. The number of aryl methyl sites for hydroxylation is 6. The first kappa shape index (κ1) is 38.2. The maximum Gasteiger partial charge on any atom is 0.238 e. The average Bonchev–Trinajstić information content (AvgIpc) is 3.26. The Balaban J connectivity index is 1.23. The quantitative estimate of drug-likeness (QED) is 0.146. The van der Waals surface area contributed by atoms with Crippen molar-refractivity contribution in [2.45, 2.75) is 41.5 Å². The number of rotatable bonds is 9. The molecule has 0 atom stereocenters. The van der Waals surface area contributed by atoms with E-state index in [0.717, 1.165) is 44.7 Å². The van der Waals surface area contributed by atoms with Crippen LogP contribution in [0.1, 0.15) is 33.4 Å². The van der Waals surface area contributed by atoms with E-state index < -0.39 is 0 Å². The first-order chi connectivity index (χ1) is 29.2. The molecule has 0 bridgehead atoms. The second-order valence-electron chi connectivity index (χ2n) is 15.8. The van der Waals surface area contributed by atoms with E-state index in [1.165, 1.54) is 50.1 Å². The highest BCUT2D eigenvalue weighted by atomic mass is 15.3. The molecule has 0 aliphatic carbocycles. The van der Waals surface area contributed by atoms with Crippen molar-refractivity contribution < 1.29 is 0 Å². The fraction of sp³-hybridized carbons (Fsp3) is 0.109. The van der Waals surface area contributed by atoms with Crippen molar-refractivity contribution in [2.75, 3.05) is 9.80 Å². The minimum Gasteiger partial charge on any atom is -0.309 e. The third-order valence-electron chi connectivity index (χ3n) is 11.2. The van der Waals surface area contributed by atoms with Crippen LogP contribution >= 0.6 is 0 Å². The molecule has 0 unspecified atom stereocenters. The Labute approximate surface area is 353 Å². The zero-order valence-electron chi connectivity index (χ0n) is 35.0. The van der Waals surface area contributed by atoms with Gasteiger partial charge in [0.15, 0.2) is 11.6 Å². The van der Waals surface area contributed by atoms with Gasteiger partial charge in [-0.3, -0.25) is 4.90 Å². The lowest BCUT2D eigenvalue weighted by Gasteiger charge is -2.32. The van der Waals surface area contributed by atoms with Crippen molar-refractivity contribution in [2.24, 2.45) is 0 Å². The first-order valence-electron chi connectivity index (χ1n) is 20.5. The molecule has 60 heavy (non-hydrogen) atoms. The summed E-state index contributed by atoms with van der Waals surface area (Å²) in [5, 5.41) is 2.30. The molecule has 1 aromatic heterocycles. The number of aromatic nitrogens is 3. The maximum absolute atomic E-state index is 5.28. The van der Waals surface area contributed by atoms with Gasteiger partial charge in [-0.25, -0.2) is 4.98 Å². The van der Waals surface area contributed by atoms with Crippen molar-refractivity contribution in [3.8, 4) is 33.9 Å². The van der Waals surface area contributed by atoms with E-state index in [9.17, 15) is 0 Å². The van der Waals surface area contributed by atoms with Crippen LogP contribution in [0.25, 0.3) is 44.7 Å². The van der Waals surface area contributed by atoms with Crippen molar-refractivity contribution in [1.82, 2.24) is 15.0 Å². The monoisotopic (exact) mass is 777 g/mol. The molecule has 292 valence electrons. The van der Waals surface area contributed by atoms with Crippen LogP contribution in [0.5, 0.6) is 0 Å². The van der Waals surface area contributed by atoms with E-state index in [0.29, 0.717) is 17.6 Å². The number of fused-ring (bicyclic) bond motifs is 1. The van der Waals surface area contributed by atoms with Gasteiger partial charge in [0.25, 0.3) is 0 Å². The predicted octanol–water partition coefficient (Wildman–Crippen LogP) is 14.8. The van der Waals surface area contributed by atoms with Crippen LogP contribution in [-0.2, 0) is 0 Å². The van der Waals surface area contributed by atoms with Crippen LogP contribution in [0, 0.1) is 41.5 Å². The summed E-state index contributed by atoms with van der Waals surface area (Å²) in [6, 6.07) is 62.0. The molecule has 0 amide bonds. The van der Waals surface area contributed by atoms with Crippen LogP contribution in [0.3, 0.4) is 0 Å². The lowest BCUT2D eigenvalue weighted by atomic mass is 9.98. The van der Waals surface area contributed by atoms with Crippen LogP contribution < -0.4 is 9.80 Å². The highest BCUT2D eigenvalue weighted by Crippen LogP contribution is 2.44. The molecule has 0 fully saturated rings. The summed E-state index contributed by atoms with van der Waals surface area (Å²) in [6.07, 6.45) is 0. The van der Waals surface area contributed by atoms with Gasteiger partial charge < -0.3 is 4.90 Å². The van der Waals surface area contributed by atoms with Gasteiger partial charge in [-0.05, 0) is 128 Å². The van der Waals surface area contributed by atoms with Crippen molar-refractivity contribution >= 4 is 45.2 Å². The molecule has 0 aliphatic heterocycles. The molecule has 5 nitrogen and oxygen atoms in total. The summed E-state index contributed by atoms with van der Waals surface area (Å²) in [7, 11) is 0. The minimum atomic E-state index is 0.527. The van der Waals surface area contributed by atoms with Gasteiger partial charge in [-0.15, -0.1) is 0 Å². The topological polar surface area (TPSA) is 45.2 Å². The van der Waals surface area contributed by atoms with E-state index in [2.05, 4.69) is 203 Å². The van der Waals surface area contributed by atoms with Crippen LogP contribution in [0.4, 0.5) is 34.4 Å². The second-order valence-corrected chi connectivity index (χ2v) is 15.8. The number of nitrogens with zero attached hydrogens (tertiary/aromatic N) is 5. The van der Waals surface area contributed by atoms with Gasteiger partial charge in [0.05, 0.1) is 11.4 Å². The standard InChI is InChI=1S/C55H47N5/c1-36-31-38(3)51(39(4)32-36)60(52-40(5)33-37(2)34-41(52)6)50-29-27-49(28-30-50)59(48-25-23-44(24-26-48)42-15-9-7-10-16-42)55-57-53(45-18-11-8-12-19-45)56-54(58-55)47-22-21-43-17-13-14-20-46(43)35-47/h7-35H,1-6H3. The van der Waals surface area contributed by atoms with Crippen LogP contribution in [-0.4, -0.2) is 15.0 Å². The maximum atomic E-state index is 5.28. The fourth-order valence-electron chi connectivity index (χ4n) is 8.62. The van der Waals surface area contributed by atoms with Crippen LogP contribution in [0.15, 0.2) is 176 Å². The molecule has 9 rings (SSSR count). The lowest BCUT2D eigenvalue weighted by Crippen LogP contribution is -2.17. The molecule has 0 spiro atoms. The Morgan fingerprint density at radius 2 is 0.717 bits per heavy atom. The van der Waals surface area contributed by atoms with Gasteiger partial charge in [-0.2, -0.15) is 9.97 Å². The number of hydrogen-bond donors (Lipinski definition) is 0. The average molecular weight is 778 g/mol. The summed E-state index contributed by atoms with van der Waals surface area (Å²) in [6.45, 7) is 13.2. The number of anilines is 6. The smallest absolute Gasteiger partial charge is 0.238 e. The minimum absolute atomic E-state index is 0.527. The Morgan fingerprint density at radius 1 is 0.317 bits per heavy atom. The molecular weight excluding hydrogens is 731 g/mol. The van der Waals surface area contributed by atoms with E-state index in [-0.39, 0.29) is 0 Å². The van der Waals surface area contributed by atoms with Crippen molar-refractivity contribution in [3.63, 3.8) is 0 Å². The number of hydrogen-bond acceptors (Lipinski definition) is 5. The SMILES string of the molecule is Cc1cc(C)c(N(c2ccc(N(c3ccc(-c4ccccc4)cc3)c3nc(-c4ccccc4)nc(-c4ccc5ccccc5c4)n3)cc2)c2c(C)cc(C)cc2C)c(C)c1. The zero-order chi connectivity index (χ0) is 41.3. The van der Waals surface area contributed by atoms with Gasteiger partial charge in [-0.1, -0.05) is 145 Å². The van der Waals surface area contributed by atoms with Crippen LogP contribution in [0.2, 0.25) is 0 Å². The highest BCUT2D eigenvalue weighted by molar-refractivity contribution is 5.88. The number of benzene rings is 8. The normalized spacial score (nSPS) is 11.2. The van der Waals surface area contributed by atoms with E-state index in [1.807, 2.05) is 24.3 Å². The highest BCUT2D eigenvalue weighted by Gasteiger charge is 2.24. The van der Waals surface area contributed by atoms with E-state index >= 15 is 0 Å². The summed E-state index contributed by atoms with van der Waals surface area (Å²) < 4.78 is 0. The third kappa shape index (κ3) is 7.54. The molecule has 0 saturated carbocycles. The van der Waals surface area contributed by atoms with E-state index in [1.54, 1.807) is 0 Å². The fourth-order valence-corrected chi connectivity index (χ4v) is 8.62. The largest absolute Gasteiger partial charge is 0.309 e. The zero-order valence-corrected chi connectivity index (χ0v) is 35.0. The molecule has 5 heteroatoms. The summed E-state index contributed by atoms with van der Waals surface area (Å²) in [5.41, 5.74) is 16.9. The Hall–Kier alpha value is -7.37. The third-order valence-corrected chi connectivity index (χ3v) is 11.2. The molecular formula is C55H47N5. The Kier molecular flexibility index (Phi) is 10.2. The van der Waals surface area contributed by atoms with Gasteiger partial charge >= 0.3 is 0 Å².